The highest BCUT2D eigenvalue weighted by atomic mass is 16.5. The van der Waals surface area contributed by atoms with Gasteiger partial charge in [0.2, 0.25) is 0 Å². The molecule has 2 N–H and O–H groups in total. The van der Waals surface area contributed by atoms with Crippen LogP contribution in [0.2, 0.25) is 0 Å². The molecule has 2 unspecified atom stereocenters. The van der Waals surface area contributed by atoms with E-state index in [0.717, 1.165) is 13.0 Å². The molecule has 2 nitrogen and oxygen atoms in total. The van der Waals surface area contributed by atoms with E-state index < -0.39 is 0 Å². The van der Waals surface area contributed by atoms with Crippen LogP contribution in [0.4, 0.5) is 0 Å². The molecule has 0 spiro atoms. The first kappa shape index (κ1) is 7.03. The van der Waals surface area contributed by atoms with Crippen molar-refractivity contribution >= 4 is 0 Å². The molecule has 9 heavy (non-hydrogen) atoms. The first-order chi connectivity index (χ1) is 4.22. The number of nitrogens with two attached hydrogens (primary N) is 1. The van der Waals surface area contributed by atoms with Crippen molar-refractivity contribution in [3.05, 3.63) is 0 Å². The molecule has 0 aromatic rings. The van der Waals surface area contributed by atoms with E-state index in [1.807, 2.05) is 0 Å². The molecule has 54 valence electrons. The van der Waals surface area contributed by atoms with Crippen molar-refractivity contribution in [1.29, 1.82) is 0 Å². The summed E-state index contributed by atoms with van der Waals surface area (Å²) >= 11 is 0. The van der Waals surface area contributed by atoms with Gasteiger partial charge in [0.1, 0.15) is 0 Å². The Morgan fingerprint density at radius 1 is 1.56 bits per heavy atom. The molecule has 2 atom stereocenters. The highest BCUT2D eigenvalue weighted by Crippen LogP contribution is 2.18. The maximum Gasteiger partial charge on any atom is 0.0749 e. The lowest BCUT2D eigenvalue weighted by atomic mass is 10.0. The second-order valence-electron chi connectivity index (χ2n) is 3.03. The van der Waals surface area contributed by atoms with E-state index in [4.69, 9.17) is 10.5 Å². The van der Waals surface area contributed by atoms with Crippen LogP contribution in [0.5, 0.6) is 0 Å². The maximum absolute atomic E-state index is 5.75. The summed E-state index contributed by atoms with van der Waals surface area (Å²) < 4.78 is 5.40. The largest absolute Gasteiger partial charge is 0.376 e. The predicted molar refractivity (Wildman–Crippen MR) is 37.2 cm³/mol. The van der Waals surface area contributed by atoms with E-state index in [0.29, 0.717) is 12.0 Å². The van der Waals surface area contributed by atoms with E-state index >= 15 is 0 Å². The van der Waals surface area contributed by atoms with Crippen LogP contribution in [0.1, 0.15) is 20.3 Å². The van der Waals surface area contributed by atoms with Gasteiger partial charge < -0.3 is 10.5 Å². The molecule has 1 heterocycles. The molecule has 0 radical (unpaired) electrons. The van der Waals surface area contributed by atoms with Gasteiger partial charge in [-0.05, 0) is 12.3 Å². The van der Waals surface area contributed by atoms with E-state index in [-0.39, 0.29) is 6.04 Å². The minimum atomic E-state index is 0.282. The van der Waals surface area contributed by atoms with Crippen LogP contribution in [-0.4, -0.2) is 18.8 Å². The lowest BCUT2D eigenvalue weighted by Gasteiger charge is -2.17. The Kier molecular flexibility index (Phi) is 2.09. The number of rotatable bonds is 1. The van der Waals surface area contributed by atoms with Crippen molar-refractivity contribution in [3.8, 4) is 0 Å². The van der Waals surface area contributed by atoms with Crippen LogP contribution in [0, 0.1) is 5.92 Å². The number of hydrogen-bond acceptors (Lipinski definition) is 2. The molecule has 0 aromatic carbocycles. The summed E-state index contributed by atoms with van der Waals surface area (Å²) in [7, 11) is 0. The van der Waals surface area contributed by atoms with Gasteiger partial charge in [0.15, 0.2) is 0 Å². The Labute approximate surface area is 56.4 Å². The summed E-state index contributed by atoms with van der Waals surface area (Å²) in [6.07, 6.45) is 1.34. The summed E-state index contributed by atoms with van der Waals surface area (Å²) in [6, 6.07) is 0.282. The molecule has 0 amide bonds. The fourth-order valence-corrected chi connectivity index (χ4v) is 1.31. The van der Waals surface area contributed by atoms with Gasteiger partial charge >= 0.3 is 0 Å². The minimum Gasteiger partial charge on any atom is -0.376 e. The fraction of sp³-hybridized carbons (Fsp3) is 1.00. The monoisotopic (exact) mass is 129 g/mol. The van der Waals surface area contributed by atoms with Crippen molar-refractivity contribution < 1.29 is 4.74 Å². The summed E-state index contributed by atoms with van der Waals surface area (Å²) in [5.41, 5.74) is 5.75. The van der Waals surface area contributed by atoms with Gasteiger partial charge in [-0.15, -0.1) is 0 Å². The van der Waals surface area contributed by atoms with Gasteiger partial charge in [0.05, 0.1) is 6.10 Å². The molecule has 1 aliphatic rings. The van der Waals surface area contributed by atoms with Crippen LogP contribution in [0.25, 0.3) is 0 Å². The molecular formula is C7H15NO. The summed E-state index contributed by atoms with van der Waals surface area (Å²) in [6.45, 7) is 5.15. The third-order valence-corrected chi connectivity index (χ3v) is 1.84. The van der Waals surface area contributed by atoms with Crippen molar-refractivity contribution in [2.24, 2.45) is 11.7 Å². The van der Waals surface area contributed by atoms with Gasteiger partial charge in [-0.2, -0.15) is 0 Å². The van der Waals surface area contributed by atoms with Gasteiger partial charge in [-0.25, -0.2) is 0 Å². The number of ether oxygens (including phenoxy) is 1. The van der Waals surface area contributed by atoms with Gasteiger partial charge in [-0.1, -0.05) is 13.8 Å². The number of hydrogen-bond donors (Lipinski definition) is 1. The first-order valence-electron chi connectivity index (χ1n) is 3.59. The Bertz CT molecular complexity index is 92.9. The van der Waals surface area contributed by atoms with Crippen molar-refractivity contribution in [2.45, 2.75) is 32.4 Å². The Morgan fingerprint density at radius 2 is 2.22 bits per heavy atom. The average Bonchev–Trinajstić information content (AvgIpc) is 2.13. The van der Waals surface area contributed by atoms with Crippen LogP contribution in [0.15, 0.2) is 0 Å². The van der Waals surface area contributed by atoms with Gasteiger partial charge in [0, 0.05) is 12.6 Å². The summed E-state index contributed by atoms with van der Waals surface area (Å²) in [5.74, 6) is 0.572. The smallest absolute Gasteiger partial charge is 0.0749 e. The van der Waals surface area contributed by atoms with Gasteiger partial charge in [0.25, 0.3) is 0 Å². The zero-order valence-corrected chi connectivity index (χ0v) is 6.13. The van der Waals surface area contributed by atoms with Crippen LogP contribution < -0.4 is 5.73 Å². The summed E-state index contributed by atoms with van der Waals surface area (Å²) in [5, 5.41) is 0. The Hall–Kier alpha value is -0.0800. The highest BCUT2D eigenvalue weighted by molar-refractivity contribution is 4.80. The molecule has 1 saturated heterocycles. The van der Waals surface area contributed by atoms with Crippen molar-refractivity contribution in [1.82, 2.24) is 0 Å². The quantitative estimate of drug-likeness (QED) is 0.567. The molecule has 1 aliphatic heterocycles. The average molecular weight is 129 g/mol. The molecule has 0 bridgehead atoms. The molecule has 1 rings (SSSR count). The Morgan fingerprint density at radius 3 is 2.44 bits per heavy atom. The zero-order chi connectivity index (χ0) is 6.85. The topological polar surface area (TPSA) is 35.2 Å². The molecule has 0 aromatic heterocycles. The van der Waals surface area contributed by atoms with Crippen LogP contribution in [0.3, 0.4) is 0 Å². The molecule has 0 aliphatic carbocycles. The highest BCUT2D eigenvalue weighted by Gasteiger charge is 2.26. The van der Waals surface area contributed by atoms with Crippen molar-refractivity contribution in [3.63, 3.8) is 0 Å². The lowest BCUT2D eigenvalue weighted by Crippen LogP contribution is -2.33. The summed E-state index contributed by atoms with van der Waals surface area (Å²) in [4.78, 5) is 0. The SMILES string of the molecule is CC(C)C1OCCC1N. The van der Waals surface area contributed by atoms with Crippen LogP contribution >= 0.6 is 0 Å². The van der Waals surface area contributed by atoms with Crippen molar-refractivity contribution in [2.75, 3.05) is 6.61 Å². The zero-order valence-electron chi connectivity index (χ0n) is 6.13. The fourth-order valence-electron chi connectivity index (χ4n) is 1.31. The van der Waals surface area contributed by atoms with E-state index in [1.54, 1.807) is 0 Å². The third-order valence-electron chi connectivity index (χ3n) is 1.84. The first-order valence-corrected chi connectivity index (χ1v) is 3.59. The van der Waals surface area contributed by atoms with Crippen LogP contribution in [-0.2, 0) is 4.74 Å². The molecule has 0 saturated carbocycles. The second kappa shape index (κ2) is 2.67. The Balaban J connectivity index is 2.40. The van der Waals surface area contributed by atoms with E-state index in [9.17, 15) is 0 Å². The lowest BCUT2D eigenvalue weighted by molar-refractivity contribution is 0.0687. The second-order valence-corrected chi connectivity index (χ2v) is 3.03. The maximum atomic E-state index is 5.75. The molecule has 1 fully saturated rings. The molecular weight excluding hydrogens is 114 g/mol. The third kappa shape index (κ3) is 1.43. The van der Waals surface area contributed by atoms with E-state index in [1.165, 1.54) is 0 Å². The van der Waals surface area contributed by atoms with Gasteiger partial charge in [-0.3, -0.25) is 0 Å². The molecule has 2 heteroatoms. The van der Waals surface area contributed by atoms with E-state index in [2.05, 4.69) is 13.8 Å². The standard InChI is InChI=1S/C7H15NO/c1-5(2)7-6(8)3-4-9-7/h5-7H,3-4,8H2,1-2H3. The minimum absolute atomic E-state index is 0.282. The normalized spacial score (nSPS) is 36.0. The predicted octanol–water partition coefficient (Wildman–Crippen LogP) is 0.759.